The maximum atomic E-state index is 13.4. The zero-order valence-corrected chi connectivity index (χ0v) is 41.6. The molecule has 0 amide bonds. The van der Waals surface area contributed by atoms with Gasteiger partial charge in [0, 0.05) is 41.3 Å². The van der Waals surface area contributed by atoms with Crippen molar-refractivity contribution in [2.75, 3.05) is 28.4 Å². The Hall–Kier alpha value is -8.32. The van der Waals surface area contributed by atoms with Crippen LogP contribution >= 0.6 is 0 Å². The molecule has 12 nitrogen and oxygen atoms in total. The van der Waals surface area contributed by atoms with E-state index in [9.17, 15) is 10.2 Å². The number of benzene rings is 8. The SMILES string of the molecule is COc1ccc([C@H]2Oc3c(c(OC)cc(OC)c3[C@@H]3c4c(OCc5ccccc5)cc(OCc5ccccc5)cc4O[C@H](c4ccc(OCc5ccccc5)c(OCc5ccccc5)c4)[C@@H]3O)C[C@H]2O)cc1OC. The number of methoxy groups -OCH3 is 4. The standard InChI is InChI=1S/C62H58O12/c1-65-48-27-25-43(29-51(48)67-3)60-47(63)33-46-50(66-2)34-53(68-4)57(62(46)74-60)58-56-54(72-38-42-23-15-8-16-24-42)31-45(69-35-39-17-9-5-10-18-39)32-55(56)73-61(59(58)64)44-26-28-49(70-36-40-19-11-6-12-20-40)52(30-44)71-37-41-21-13-7-14-22-41/h5-32,34,47,58-61,63-64H,33,35-38H2,1-4H3/t47-,58+,59-,60-,61-/m1/s1. The summed E-state index contributed by atoms with van der Waals surface area (Å²) < 4.78 is 64.1. The van der Waals surface area contributed by atoms with E-state index in [-0.39, 0.29) is 26.2 Å². The molecule has 378 valence electrons. The van der Waals surface area contributed by atoms with Crippen molar-refractivity contribution in [2.45, 2.75) is 63.2 Å². The third-order valence-corrected chi connectivity index (χ3v) is 13.4. The minimum absolute atomic E-state index is 0.139. The highest BCUT2D eigenvalue weighted by molar-refractivity contribution is 5.67. The number of rotatable bonds is 19. The van der Waals surface area contributed by atoms with Crippen LogP contribution in [-0.2, 0) is 32.8 Å². The molecule has 8 aromatic carbocycles. The Balaban J connectivity index is 1.14. The van der Waals surface area contributed by atoms with Gasteiger partial charge in [0.05, 0.1) is 40.5 Å². The van der Waals surface area contributed by atoms with Crippen LogP contribution in [0.4, 0.5) is 0 Å². The van der Waals surface area contributed by atoms with Crippen molar-refractivity contribution >= 4 is 0 Å². The minimum atomic E-state index is -1.34. The molecule has 12 heteroatoms. The molecule has 0 saturated carbocycles. The molecule has 0 aromatic heterocycles. The number of hydrogen-bond donors (Lipinski definition) is 2. The first-order chi connectivity index (χ1) is 36.3. The van der Waals surface area contributed by atoms with Gasteiger partial charge in [-0.05, 0) is 57.6 Å². The van der Waals surface area contributed by atoms with Crippen molar-refractivity contribution < 1.29 is 57.6 Å². The summed E-state index contributed by atoms with van der Waals surface area (Å²) in [5, 5.41) is 25.4. The minimum Gasteiger partial charge on any atom is -0.496 e. The lowest BCUT2D eigenvalue weighted by Crippen LogP contribution is -2.37. The topological polar surface area (TPSA) is 133 Å². The highest BCUT2D eigenvalue weighted by atomic mass is 16.5. The van der Waals surface area contributed by atoms with Crippen LogP contribution in [0.25, 0.3) is 0 Å². The van der Waals surface area contributed by atoms with E-state index in [1.807, 2.05) is 158 Å². The van der Waals surface area contributed by atoms with Crippen molar-refractivity contribution in [3.05, 3.63) is 226 Å². The number of aliphatic hydroxyl groups is 2. The second kappa shape index (κ2) is 22.6. The van der Waals surface area contributed by atoms with Crippen LogP contribution in [0.5, 0.6) is 57.5 Å². The molecule has 0 aliphatic carbocycles. The fourth-order valence-corrected chi connectivity index (χ4v) is 9.68. The molecule has 74 heavy (non-hydrogen) atoms. The molecule has 0 radical (unpaired) electrons. The largest absolute Gasteiger partial charge is 0.496 e. The lowest BCUT2D eigenvalue weighted by molar-refractivity contribution is 0.000826. The molecule has 2 aliphatic rings. The first kappa shape index (κ1) is 49.3. The first-order valence-electron chi connectivity index (χ1n) is 24.5. The van der Waals surface area contributed by atoms with Gasteiger partial charge in [-0.3, -0.25) is 0 Å². The Bertz CT molecular complexity index is 3150. The molecule has 0 spiro atoms. The van der Waals surface area contributed by atoms with E-state index < -0.39 is 30.3 Å². The fourth-order valence-electron chi connectivity index (χ4n) is 9.68. The van der Waals surface area contributed by atoms with Gasteiger partial charge in [-0.15, -0.1) is 0 Å². The molecule has 2 N–H and O–H groups in total. The smallest absolute Gasteiger partial charge is 0.162 e. The predicted molar refractivity (Wildman–Crippen MR) is 279 cm³/mol. The average Bonchev–Trinajstić information content (AvgIpc) is 3.45. The molecule has 0 bridgehead atoms. The van der Waals surface area contributed by atoms with E-state index >= 15 is 0 Å². The molecule has 5 atom stereocenters. The Kier molecular flexibility index (Phi) is 15.1. The molecule has 0 fully saturated rings. The lowest BCUT2D eigenvalue weighted by atomic mass is 9.77. The van der Waals surface area contributed by atoms with Gasteiger partial charge >= 0.3 is 0 Å². The second-order valence-electron chi connectivity index (χ2n) is 18.1. The Labute approximate surface area is 431 Å². The highest BCUT2D eigenvalue weighted by Crippen LogP contribution is 2.58. The van der Waals surface area contributed by atoms with Crippen molar-refractivity contribution in [1.29, 1.82) is 0 Å². The van der Waals surface area contributed by atoms with Gasteiger partial charge in [0.2, 0.25) is 0 Å². The van der Waals surface area contributed by atoms with Gasteiger partial charge in [-0.2, -0.15) is 0 Å². The summed E-state index contributed by atoms with van der Waals surface area (Å²) in [5.41, 5.74) is 6.72. The summed E-state index contributed by atoms with van der Waals surface area (Å²) in [6.45, 7) is 1.03. The summed E-state index contributed by atoms with van der Waals surface area (Å²) in [7, 11) is 6.25. The molecular formula is C62H58O12. The van der Waals surface area contributed by atoms with E-state index in [4.69, 9.17) is 47.4 Å². The summed E-state index contributed by atoms with van der Waals surface area (Å²) >= 11 is 0. The van der Waals surface area contributed by atoms with Crippen LogP contribution in [0.2, 0.25) is 0 Å². The van der Waals surface area contributed by atoms with E-state index in [0.717, 1.165) is 22.3 Å². The van der Waals surface area contributed by atoms with Crippen molar-refractivity contribution in [1.82, 2.24) is 0 Å². The Morgan fingerprint density at radius 2 is 0.905 bits per heavy atom. The van der Waals surface area contributed by atoms with Crippen LogP contribution in [0.1, 0.15) is 68.2 Å². The predicted octanol–water partition coefficient (Wildman–Crippen LogP) is 11.7. The van der Waals surface area contributed by atoms with Gasteiger partial charge < -0.3 is 57.6 Å². The quantitative estimate of drug-likeness (QED) is 0.0799. The van der Waals surface area contributed by atoms with Gasteiger partial charge in [-0.25, -0.2) is 0 Å². The van der Waals surface area contributed by atoms with Crippen molar-refractivity contribution in [3.8, 4) is 57.5 Å². The van der Waals surface area contributed by atoms with Gasteiger partial charge in [-0.1, -0.05) is 133 Å². The molecule has 10 rings (SSSR count). The van der Waals surface area contributed by atoms with Crippen LogP contribution in [0, 0.1) is 0 Å². The maximum absolute atomic E-state index is 13.4. The van der Waals surface area contributed by atoms with E-state index in [1.54, 1.807) is 46.6 Å². The number of hydrogen-bond acceptors (Lipinski definition) is 12. The third-order valence-electron chi connectivity index (χ3n) is 13.4. The van der Waals surface area contributed by atoms with Crippen LogP contribution in [-0.4, -0.2) is 50.9 Å². The molecular weight excluding hydrogens is 937 g/mol. The van der Waals surface area contributed by atoms with Gasteiger partial charge in [0.1, 0.15) is 73.1 Å². The van der Waals surface area contributed by atoms with Crippen molar-refractivity contribution in [3.63, 3.8) is 0 Å². The van der Waals surface area contributed by atoms with Crippen LogP contribution < -0.4 is 47.4 Å². The van der Waals surface area contributed by atoms with Gasteiger partial charge in [0.25, 0.3) is 0 Å². The van der Waals surface area contributed by atoms with Crippen LogP contribution in [0.15, 0.2) is 176 Å². The van der Waals surface area contributed by atoms with Crippen LogP contribution in [0.3, 0.4) is 0 Å². The first-order valence-corrected chi connectivity index (χ1v) is 24.5. The molecule has 8 aromatic rings. The molecule has 2 heterocycles. The zero-order chi connectivity index (χ0) is 51.0. The zero-order valence-electron chi connectivity index (χ0n) is 41.6. The molecule has 0 saturated heterocycles. The second-order valence-corrected chi connectivity index (χ2v) is 18.1. The monoisotopic (exact) mass is 994 g/mol. The number of fused-ring (bicyclic) bond motifs is 2. The Morgan fingerprint density at radius 3 is 1.46 bits per heavy atom. The summed E-state index contributed by atoms with van der Waals surface area (Å²) in [4.78, 5) is 0. The van der Waals surface area contributed by atoms with E-state index in [2.05, 4.69) is 0 Å². The Morgan fingerprint density at radius 1 is 0.419 bits per heavy atom. The average molecular weight is 995 g/mol. The summed E-state index contributed by atoms with van der Waals surface area (Å²) in [6.07, 6.45) is -4.13. The fraction of sp³-hybridized carbons (Fsp3) is 0.226. The summed E-state index contributed by atoms with van der Waals surface area (Å²) in [6, 6.07) is 56.0. The van der Waals surface area contributed by atoms with E-state index in [0.29, 0.717) is 91.9 Å². The summed E-state index contributed by atoms with van der Waals surface area (Å²) in [5.74, 6) is 3.49. The maximum Gasteiger partial charge on any atom is 0.162 e. The molecule has 2 aliphatic heterocycles. The number of aliphatic hydroxyl groups excluding tert-OH is 2. The highest BCUT2D eigenvalue weighted by Gasteiger charge is 2.47. The van der Waals surface area contributed by atoms with E-state index in [1.165, 1.54) is 0 Å². The third kappa shape index (κ3) is 10.6. The molecule has 0 unspecified atom stereocenters. The normalized spacial score (nSPS) is 17.6. The van der Waals surface area contributed by atoms with Gasteiger partial charge in [0.15, 0.2) is 29.1 Å². The van der Waals surface area contributed by atoms with Crippen molar-refractivity contribution in [2.24, 2.45) is 0 Å². The number of ether oxygens (including phenoxy) is 10. The lowest BCUT2D eigenvalue weighted by Gasteiger charge is -2.41.